The standard InChI is InChI=1S/C13H25N3O2/c1-10(2)6-11(8-14)7-12(17)16-5-4-15(3)13(18)9-16/h10-11H,4-9,14H2,1-3H3/t11-/m0/s1. The number of carbonyl (C=O) groups excluding carboxylic acids is 2. The Labute approximate surface area is 109 Å². The molecule has 104 valence electrons. The first-order valence-corrected chi connectivity index (χ1v) is 6.65. The van der Waals surface area contributed by atoms with Gasteiger partial charge in [0.05, 0.1) is 6.54 Å². The predicted molar refractivity (Wildman–Crippen MR) is 70.8 cm³/mol. The van der Waals surface area contributed by atoms with Crippen molar-refractivity contribution >= 4 is 11.8 Å². The number of carbonyl (C=O) groups is 2. The smallest absolute Gasteiger partial charge is 0.241 e. The summed E-state index contributed by atoms with van der Waals surface area (Å²) in [6.07, 6.45) is 1.43. The molecule has 0 aromatic heterocycles. The Balaban J connectivity index is 2.46. The van der Waals surface area contributed by atoms with Gasteiger partial charge in [-0.05, 0) is 24.8 Å². The second kappa shape index (κ2) is 6.73. The van der Waals surface area contributed by atoms with E-state index in [0.717, 1.165) is 6.42 Å². The van der Waals surface area contributed by atoms with Gasteiger partial charge in [-0.25, -0.2) is 0 Å². The lowest BCUT2D eigenvalue weighted by molar-refractivity contribution is -0.144. The van der Waals surface area contributed by atoms with Crippen LogP contribution in [-0.4, -0.2) is 54.8 Å². The molecule has 1 fully saturated rings. The summed E-state index contributed by atoms with van der Waals surface area (Å²) in [7, 11) is 1.77. The number of piperazine rings is 1. The minimum atomic E-state index is 0.0164. The van der Waals surface area contributed by atoms with Crippen LogP contribution < -0.4 is 5.73 Å². The average Bonchev–Trinajstić information content (AvgIpc) is 2.31. The van der Waals surface area contributed by atoms with Crippen LogP contribution in [0.25, 0.3) is 0 Å². The van der Waals surface area contributed by atoms with E-state index in [1.807, 2.05) is 0 Å². The molecule has 0 saturated carbocycles. The molecule has 1 heterocycles. The fourth-order valence-electron chi connectivity index (χ4n) is 2.28. The quantitative estimate of drug-likeness (QED) is 0.768. The highest BCUT2D eigenvalue weighted by molar-refractivity contribution is 5.85. The lowest BCUT2D eigenvalue weighted by atomic mass is 9.93. The van der Waals surface area contributed by atoms with Crippen molar-refractivity contribution in [2.75, 3.05) is 33.2 Å². The lowest BCUT2D eigenvalue weighted by Gasteiger charge is -2.33. The van der Waals surface area contributed by atoms with E-state index in [2.05, 4.69) is 13.8 Å². The lowest BCUT2D eigenvalue weighted by Crippen LogP contribution is -2.51. The van der Waals surface area contributed by atoms with Crippen molar-refractivity contribution in [1.82, 2.24) is 9.80 Å². The number of hydrogen-bond acceptors (Lipinski definition) is 3. The SMILES string of the molecule is CC(C)C[C@H](CN)CC(=O)N1CCN(C)C(=O)C1. The highest BCUT2D eigenvalue weighted by atomic mass is 16.2. The number of likely N-dealkylation sites (N-methyl/N-ethyl adjacent to an activating group) is 1. The summed E-state index contributed by atoms with van der Waals surface area (Å²) in [6.45, 7) is 6.28. The average molecular weight is 255 g/mol. The Kier molecular flexibility index (Phi) is 5.59. The molecule has 5 heteroatoms. The summed E-state index contributed by atoms with van der Waals surface area (Å²) in [5.74, 6) is 0.850. The fraction of sp³-hybridized carbons (Fsp3) is 0.846. The fourth-order valence-corrected chi connectivity index (χ4v) is 2.28. The molecule has 18 heavy (non-hydrogen) atoms. The third-order valence-corrected chi connectivity index (χ3v) is 3.41. The number of amides is 2. The van der Waals surface area contributed by atoms with E-state index >= 15 is 0 Å². The molecule has 5 nitrogen and oxygen atoms in total. The summed E-state index contributed by atoms with van der Waals surface area (Å²) in [6, 6.07) is 0. The molecular weight excluding hydrogens is 230 g/mol. The van der Waals surface area contributed by atoms with Gasteiger partial charge < -0.3 is 15.5 Å². The van der Waals surface area contributed by atoms with Gasteiger partial charge in [0.15, 0.2) is 0 Å². The van der Waals surface area contributed by atoms with Gasteiger partial charge >= 0.3 is 0 Å². The van der Waals surface area contributed by atoms with Crippen LogP contribution in [0.15, 0.2) is 0 Å². The van der Waals surface area contributed by atoms with Crippen molar-refractivity contribution in [3.63, 3.8) is 0 Å². The van der Waals surface area contributed by atoms with Gasteiger partial charge in [-0.2, -0.15) is 0 Å². The Hall–Kier alpha value is -1.10. The Morgan fingerprint density at radius 1 is 1.39 bits per heavy atom. The van der Waals surface area contributed by atoms with E-state index in [0.29, 0.717) is 32.0 Å². The summed E-state index contributed by atoms with van der Waals surface area (Å²) >= 11 is 0. The van der Waals surface area contributed by atoms with Gasteiger partial charge in [0, 0.05) is 26.6 Å². The van der Waals surface area contributed by atoms with Crippen molar-refractivity contribution in [2.45, 2.75) is 26.7 Å². The minimum absolute atomic E-state index is 0.0164. The first-order valence-electron chi connectivity index (χ1n) is 6.65. The van der Waals surface area contributed by atoms with E-state index in [9.17, 15) is 9.59 Å². The van der Waals surface area contributed by atoms with Crippen LogP contribution in [0.1, 0.15) is 26.7 Å². The highest BCUT2D eigenvalue weighted by Gasteiger charge is 2.26. The van der Waals surface area contributed by atoms with Gasteiger partial charge in [0.1, 0.15) is 0 Å². The van der Waals surface area contributed by atoms with Gasteiger partial charge in [-0.15, -0.1) is 0 Å². The van der Waals surface area contributed by atoms with Gasteiger partial charge in [-0.3, -0.25) is 9.59 Å². The van der Waals surface area contributed by atoms with Gasteiger partial charge in [-0.1, -0.05) is 13.8 Å². The van der Waals surface area contributed by atoms with Crippen molar-refractivity contribution in [2.24, 2.45) is 17.6 Å². The molecule has 2 N–H and O–H groups in total. The van der Waals surface area contributed by atoms with Crippen LogP contribution in [0.4, 0.5) is 0 Å². The van der Waals surface area contributed by atoms with Crippen LogP contribution in [0.5, 0.6) is 0 Å². The molecule has 1 aliphatic rings. The van der Waals surface area contributed by atoms with E-state index < -0.39 is 0 Å². The zero-order valence-electron chi connectivity index (χ0n) is 11.7. The molecular formula is C13H25N3O2. The number of rotatable bonds is 5. The second-order valence-electron chi connectivity index (χ2n) is 5.57. The van der Waals surface area contributed by atoms with Crippen LogP contribution in [0, 0.1) is 11.8 Å². The largest absolute Gasteiger partial charge is 0.342 e. The minimum Gasteiger partial charge on any atom is -0.342 e. The van der Waals surface area contributed by atoms with E-state index in [-0.39, 0.29) is 24.3 Å². The maximum Gasteiger partial charge on any atom is 0.241 e. The summed E-state index contributed by atoms with van der Waals surface area (Å²) in [5.41, 5.74) is 5.70. The monoisotopic (exact) mass is 255 g/mol. The van der Waals surface area contributed by atoms with Crippen LogP contribution in [-0.2, 0) is 9.59 Å². The number of nitrogens with zero attached hydrogens (tertiary/aromatic N) is 2. The van der Waals surface area contributed by atoms with Crippen molar-refractivity contribution in [3.8, 4) is 0 Å². The summed E-state index contributed by atoms with van der Waals surface area (Å²) < 4.78 is 0. The molecule has 1 saturated heterocycles. The second-order valence-corrected chi connectivity index (χ2v) is 5.57. The van der Waals surface area contributed by atoms with E-state index in [4.69, 9.17) is 5.73 Å². The molecule has 0 bridgehead atoms. The van der Waals surface area contributed by atoms with Crippen molar-refractivity contribution < 1.29 is 9.59 Å². The maximum atomic E-state index is 12.1. The third kappa shape index (κ3) is 4.29. The molecule has 1 rings (SSSR count). The topological polar surface area (TPSA) is 66.6 Å². The van der Waals surface area contributed by atoms with E-state index in [1.165, 1.54) is 0 Å². The normalized spacial score (nSPS) is 18.4. The molecule has 2 amide bonds. The van der Waals surface area contributed by atoms with Crippen LogP contribution >= 0.6 is 0 Å². The van der Waals surface area contributed by atoms with Crippen LogP contribution in [0.3, 0.4) is 0 Å². The van der Waals surface area contributed by atoms with E-state index in [1.54, 1.807) is 16.8 Å². The van der Waals surface area contributed by atoms with Gasteiger partial charge in [0.25, 0.3) is 0 Å². The zero-order valence-corrected chi connectivity index (χ0v) is 11.7. The Morgan fingerprint density at radius 3 is 2.56 bits per heavy atom. The van der Waals surface area contributed by atoms with Crippen LogP contribution in [0.2, 0.25) is 0 Å². The third-order valence-electron chi connectivity index (χ3n) is 3.41. The molecule has 0 spiro atoms. The van der Waals surface area contributed by atoms with Crippen molar-refractivity contribution in [1.29, 1.82) is 0 Å². The number of hydrogen-bond donors (Lipinski definition) is 1. The first-order chi connectivity index (χ1) is 8.43. The van der Waals surface area contributed by atoms with Gasteiger partial charge in [0.2, 0.25) is 11.8 Å². The Bertz CT molecular complexity index is 305. The molecule has 0 aliphatic carbocycles. The summed E-state index contributed by atoms with van der Waals surface area (Å²) in [5, 5.41) is 0. The van der Waals surface area contributed by atoms with Crippen molar-refractivity contribution in [3.05, 3.63) is 0 Å². The molecule has 1 aliphatic heterocycles. The first kappa shape index (κ1) is 15.0. The highest BCUT2D eigenvalue weighted by Crippen LogP contribution is 2.16. The summed E-state index contributed by atoms with van der Waals surface area (Å²) in [4.78, 5) is 27.0. The molecule has 0 radical (unpaired) electrons. The zero-order chi connectivity index (χ0) is 13.7. The molecule has 0 unspecified atom stereocenters. The maximum absolute atomic E-state index is 12.1. The Morgan fingerprint density at radius 2 is 2.06 bits per heavy atom. The predicted octanol–water partition coefficient (Wildman–Crippen LogP) is 0.298. The number of nitrogens with two attached hydrogens (primary N) is 1. The molecule has 0 aromatic rings. The molecule has 1 atom stereocenters. The molecule has 0 aromatic carbocycles.